The summed E-state index contributed by atoms with van der Waals surface area (Å²) in [6.45, 7) is -0.135. The Kier molecular flexibility index (Phi) is 6.32. The lowest BCUT2D eigenvalue weighted by Gasteiger charge is -2.09. The summed E-state index contributed by atoms with van der Waals surface area (Å²) in [6, 6.07) is 11.3. The van der Waals surface area contributed by atoms with E-state index in [4.69, 9.17) is 14.7 Å². The van der Waals surface area contributed by atoms with Gasteiger partial charge in [0.05, 0.1) is 23.3 Å². The summed E-state index contributed by atoms with van der Waals surface area (Å²) >= 11 is 1.01. The van der Waals surface area contributed by atoms with Crippen LogP contribution >= 0.6 is 11.8 Å². The number of carbonyl (C=O) groups is 1. The number of nitrogens with one attached hydrogen (secondary N) is 1. The van der Waals surface area contributed by atoms with Crippen LogP contribution < -0.4 is 14.8 Å². The van der Waals surface area contributed by atoms with E-state index in [1.165, 1.54) is 19.2 Å². The Labute approximate surface area is 174 Å². The lowest BCUT2D eigenvalue weighted by Crippen LogP contribution is -2.19. The van der Waals surface area contributed by atoms with Gasteiger partial charge in [0.15, 0.2) is 23.3 Å². The van der Waals surface area contributed by atoms with Crippen molar-refractivity contribution in [1.29, 1.82) is 5.26 Å². The van der Waals surface area contributed by atoms with E-state index in [0.29, 0.717) is 22.0 Å². The highest BCUT2D eigenvalue weighted by molar-refractivity contribution is 8.18. The average molecular weight is 433 g/mol. The first-order valence-electron chi connectivity index (χ1n) is 8.45. The predicted molar refractivity (Wildman–Crippen MR) is 106 cm³/mol. The monoisotopic (exact) mass is 433 g/mol. The van der Waals surface area contributed by atoms with Crippen molar-refractivity contribution in [2.75, 3.05) is 13.7 Å². The van der Waals surface area contributed by atoms with Crippen molar-refractivity contribution < 1.29 is 27.4 Å². The van der Waals surface area contributed by atoms with E-state index in [1.54, 1.807) is 24.3 Å². The average Bonchev–Trinajstić information content (AvgIpc) is 3.05. The number of carbonyl (C=O) groups excluding carboxylic acids is 1. The van der Waals surface area contributed by atoms with Crippen LogP contribution in [0.3, 0.4) is 0 Å². The maximum absolute atomic E-state index is 12.8. The van der Waals surface area contributed by atoms with Crippen molar-refractivity contribution in [3.63, 3.8) is 0 Å². The maximum Gasteiger partial charge on any atom is 0.416 e. The highest BCUT2D eigenvalue weighted by Gasteiger charge is 2.30. The van der Waals surface area contributed by atoms with Gasteiger partial charge in [-0.25, -0.2) is 4.99 Å². The van der Waals surface area contributed by atoms with Crippen LogP contribution in [-0.4, -0.2) is 24.8 Å². The third-order valence-electron chi connectivity index (χ3n) is 3.83. The second kappa shape index (κ2) is 8.92. The zero-order valence-electron chi connectivity index (χ0n) is 15.5. The van der Waals surface area contributed by atoms with Gasteiger partial charge >= 0.3 is 6.18 Å². The second-order valence-electron chi connectivity index (χ2n) is 5.89. The number of amidine groups is 1. The first-order chi connectivity index (χ1) is 14.3. The summed E-state index contributed by atoms with van der Waals surface area (Å²) in [5.74, 6) is 0.354. The number of halogens is 3. The Balaban J connectivity index is 1.81. The number of benzene rings is 2. The fraction of sp³-hybridized carbons (Fsp3) is 0.150. The van der Waals surface area contributed by atoms with Crippen LogP contribution in [0.5, 0.6) is 11.5 Å². The van der Waals surface area contributed by atoms with Gasteiger partial charge in [0.1, 0.15) is 6.07 Å². The Bertz CT molecular complexity index is 1070. The number of ether oxygens (including phenoxy) is 2. The number of methoxy groups -OCH3 is 1. The fourth-order valence-corrected chi connectivity index (χ4v) is 3.35. The molecule has 1 fully saturated rings. The topological polar surface area (TPSA) is 83.7 Å². The second-order valence-corrected chi connectivity index (χ2v) is 6.92. The van der Waals surface area contributed by atoms with Gasteiger partial charge in [0.25, 0.3) is 5.91 Å². The quantitative estimate of drug-likeness (QED) is 0.702. The third-order valence-corrected chi connectivity index (χ3v) is 4.74. The van der Waals surface area contributed by atoms with Gasteiger partial charge in [-0.15, -0.1) is 0 Å². The molecule has 1 aliphatic heterocycles. The number of rotatable bonds is 5. The molecule has 10 heteroatoms. The minimum atomic E-state index is -4.48. The minimum Gasteiger partial charge on any atom is -0.493 e. The predicted octanol–water partition coefficient (Wildman–Crippen LogP) is 4.51. The summed E-state index contributed by atoms with van der Waals surface area (Å²) in [5.41, 5.74) is -0.107. The van der Waals surface area contributed by atoms with Gasteiger partial charge in [0.2, 0.25) is 0 Å². The van der Waals surface area contributed by atoms with Gasteiger partial charge in [-0.1, -0.05) is 12.1 Å². The van der Waals surface area contributed by atoms with E-state index in [2.05, 4.69) is 10.3 Å². The molecule has 6 nitrogen and oxygen atoms in total. The maximum atomic E-state index is 12.8. The number of hydrogen-bond acceptors (Lipinski definition) is 6. The highest BCUT2D eigenvalue weighted by Crippen LogP contribution is 2.34. The van der Waals surface area contributed by atoms with E-state index in [1.807, 2.05) is 6.07 Å². The fourth-order valence-electron chi connectivity index (χ4n) is 2.50. The molecule has 0 unspecified atom stereocenters. The summed E-state index contributed by atoms with van der Waals surface area (Å²) in [5, 5.41) is 11.3. The van der Waals surface area contributed by atoms with Crippen LogP contribution in [0.1, 0.15) is 11.1 Å². The van der Waals surface area contributed by atoms with E-state index >= 15 is 0 Å². The number of amides is 1. The van der Waals surface area contributed by atoms with Crippen LogP contribution in [0.15, 0.2) is 52.4 Å². The molecule has 30 heavy (non-hydrogen) atoms. The molecule has 154 valence electrons. The number of alkyl halides is 3. The molecule has 0 bridgehead atoms. The van der Waals surface area contributed by atoms with Crippen LogP contribution in [0.25, 0.3) is 6.08 Å². The lowest BCUT2D eigenvalue weighted by molar-refractivity contribution is -0.137. The molecule has 1 amide bonds. The summed E-state index contributed by atoms with van der Waals surface area (Å²) in [7, 11) is 1.45. The zero-order chi connectivity index (χ0) is 21.7. The summed E-state index contributed by atoms with van der Waals surface area (Å²) < 4.78 is 49.0. The molecule has 1 N–H and O–H groups in total. The van der Waals surface area contributed by atoms with Crippen LogP contribution in [0.4, 0.5) is 18.9 Å². The smallest absolute Gasteiger partial charge is 0.416 e. The van der Waals surface area contributed by atoms with Gasteiger partial charge in [-0.2, -0.15) is 18.4 Å². The van der Waals surface area contributed by atoms with Crippen molar-refractivity contribution in [1.82, 2.24) is 5.32 Å². The summed E-state index contributed by atoms with van der Waals surface area (Å²) in [6.07, 6.45) is -2.89. The first-order valence-corrected chi connectivity index (χ1v) is 9.26. The molecule has 1 aliphatic rings. The van der Waals surface area contributed by atoms with Crippen LogP contribution in [-0.2, 0) is 11.0 Å². The molecular weight excluding hydrogens is 419 g/mol. The molecule has 0 saturated carbocycles. The third kappa shape index (κ3) is 5.12. The molecular formula is C20H14F3N3O3S. The first kappa shape index (κ1) is 21.3. The van der Waals surface area contributed by atoms with Gasteiger partial charge in [-0.05, 0) is 53.7 Å². The molecule has 1 heterocycles. The van der Waals surface area contributed by atoms with Crippen molar-refractivity contribution in [3.8, 4) is 17.6 Å². The van der Waals surface area contributed by atoms with Gasteiger partial charge in [0, 0.05) is 0 Å². The highest BCUT2D eigenvalue weighted by atomic mass is 32.2. The van der Waals surface area contributed by atoms with Crippen molar-refractivity contribution in [2.24, 2.45) is 4.99 Å². The largest absolute Gasteiger partial charge is 0.493 e. The van der Waals surface area contributed by atoms with Crippen molar-refractivity contribution in [3.05, 3.63) is 58.5 Å². The summed E-state index contributed by atoms with van der Waals surface area (Å²) in [4.78, 5) is 16.6. The van der Waals surface area contributed by atoms with E-state index in [9.17, 15) is 18.0 Å². The molecule has 2 aromatic carbocycles. The van der Waals surface area contributed by atoms with Crippen LogP contribution in [0.2, 0.25) is 0 Å². The number of nitriles is 1. The normalized spacial score (nSPS) is 16.4. The Morgan fingerprint density at radius 2 is 2.03 bits per heavy atom. The number of nitrogens with zero attached hydrogens (tertiary/aromatic N) is 2. The SMILES string of the molecule is COc1cc(/C=C2\SC(=Nc3cccc(C(F)(F)F)c3)NC2=O)ccc1OCC#N. The Morgan fingerprint density at radius 3 is 2.73 bits per heavy atom. The van der Waals surface area contributed by atoms with E-state index in [-0.39, 0.29) is 17.5 Å². The Morgan fingerprint density at radius 1 is 1.23 bits per heavy atom. The molecule has 2 aromatic rings. The van der Waals surface area contributed by atoms with E-state index in [0.717, 1.165) is 23.9 Å². The minimum absolute atomic E-state index is 0.0783. The molecule has 0 radical (unpaired) electrons. The standard InChI is InChI=1S/C20H14F3N3O3S/c1-28-16-9-12(5-6-15(16)29-8-7-24)10-17-18(27)26-19(30-17)25-14-4-2-3-13(11-14)20(21,22)23/h2-6,9-11H,8H2,1H3,(H,25,26,27)/b17-10-. The molecule has 3 rings (SSSR count). The van der Waals surface area contributed by atoms with Gasteiger partial charge < -0.3 is 14.8 Å². The molecule has 0 spiro atoms. The van der Waals surface area contributed by atoms with E-state index < -0.39 is 17.6 Å². The molecule has 0 atom stereocenters. The van der Waals surface area contributed by atoms with Crippen molar-refractivity contribution >= 4 is 34.6 Å². The molecule has 0 aromatic heterocycles. The molecule has 1 saturated heterocycles. The Hall–Kier alpha value is -3.45. The number of hydrogen-bond donors (Lipinski definition) is 1. The number of aliphatic imine (C=N–C) groups is 1. The van der Waals surface area contributed by atoms with Crippen molar-refractivity contribution in [2.45, 2.75) is 6.18 Å². The molecule has 0 aliphatic carbocycles. The van der Waals surface area contributed by atoms with Crippen LogP contribution in [0, 0.1) is 11.3 Å². The van der Waals surface area contributed by atoms with Gasteiger partial charge in [-0.3, -0.25) is 4.79 Å². The lowest BCUT2D eigenvalue weighted by atomic mass is 10.2. The number of thioether (sulfide) groups is 1. The zero-order valence-corrected chi connectivity index (χ0v) is 16.3.